The minimum absolute atomic E-state index is 0.230. The van der Waals surface area contributed by atoms with Crippen LogP contribution in [0.2, 0.25) is 0 Å². The molecule has 5 atom stereocenters. The van der Waals surface area contributed by atoms with Crippen molar-refractivity contribution in [2.45, 2.75) is 76.8 Å². The number of ether oxygens (including phenoxy) is 6. The second-order valence-electron chi connectivity index (χ2n) is 8.24. The molecule has 0 aliphatic carbocycles. The molecule has 1 aromatic rings. The van der Waals surface area contributed by atoms with Crippen LogP contribution in [0.1, 0.15) is 46.1 Å². The molecule has 1 fully saturated rings. The fraction of sp³-hybridized carbons (Fsp3) is 0.600. The smallest absolute Gasteiger partial charge is 0.303 e. The summed E-state index contributed by atoms with van der Waals surface area (Å²) in [6, 6.07) is 7.88. The maximum Gasteiger partial charge on any atom is 0.303 e. The molecule has 11 heteroatoms. The summed E-state index contributed by atoms with van der Waals surface area (Å²) in [6.45, 7) is 4.63. The first kappa shape index (κ1) is 29.4. The van der Waals surface area contributed by atoms with Crippen molar-refractivity contribution in [3.8, 4) is 5.75 Å². The molecule has 0 N–H and O–H groups in total. The molecule has 1 aliphatic heterocycles. The Balaban J connectivity index is 2.11. The molecule has 1 heterocycles. The average molecular weight is 527 g/mol. The molecule has 5 unspecified atom stereocenters. The molecule has 200 valence electrons. The molecule has 1 saturated heterocycles. The van der Waals surface area contributed by atoms with E-state index in [1.54, 1.807) is 7.11 Å². The van der Waals surface area contributed by atoms with Gasteiger partial charge in [-0.15, -0.1) is 11.8 Å². The van der Waals surface area contributed by atoms with Gasteiger partial charge in [0.25, 0.3) is 0 Å². The van der Waals surface area contributed by atoms with Gasteiger partial charge in [-0.1, -0.05) is 12.1 Å². The van der Waals surface area contributed by atoms with Crippen LogP contribution >= 0.6 is 11.8 Å². The summed E-state index contributed by atoms with van der Waals surface area (Å²) in [6.07, 6.45) is -1.61. The van der Waals surface area contributed by atoms with Crippen molar-refractivity contribution in [2.24, 2.45) is 0 Å². The van der Waals surface area contributed by atoms with E-state index in [0.717, 1.165) is 25.0 Å². The van der Waals surface area contributed by atoms with E-state index in [1.807, 2.05) is 24.3 Å². The van der Waals surface area contributed by atoms with Gasteiger partial charge in [0, 0.05) is 27.7 Å². The highest BCUT2D eigenvalue weighted by molar-refractivity contribution is 7.99. The number of hydrogen-bond donors (Lipinski definition) is 0. The van der Waals surface area contributed by atoms with E-state index in [-0.39, 0.29) is 6.61 Å². The average Bonchev–Trinajstić information content (AvgIpc) is 2.80. The van der Waals surface area contributed by atoms with Crippen LogP contribution in [-0.4, -0.2) is 73.2 Å². The molecule has 0 aromatic heterocycles. The van der Waals surface area contributed by atoms with Crippen molar-refractivity contribution in [1.82, 2.24) is 0 Å². The summed E-state index contributed by atoms with van der Waals surface area (Å²) in [5, 5.41) is 0. The fourth-order valence-corrected chi connectivity index (χ4v) is 4.97. The maximum atomic E-state index is 11.9. The zero-order valence-electron chi connectivity index (χ0n) is 21.2. The topological polar surface area (TPSA) is 124 Å². The van der Waals surface area contributed by atoms with Gasteiger partial charge in [-0.2, -0.15) is 0 Å². The van der Waals surface area contributed by atoms with Gasteiger partial charge in [0.05, 0.1) is 7.11 Å². The third kappa shape index (κ3) is 9.69. The highest BCUT2D eigenvalue weighted by Gasteiger charge is 2.52. The Hall–Kier alpha value is -2.79. The summed E-state index contributed by atoms with van der Waals surface area (Å²) >= 11 is 1.39. The highest BCUT2D eigenvalue weighted by atomic mass is 32.2. The summed E-state index contributed by atoms with van der Waals surface area (Å²) in [5.74, 6) is -0.993. The van der Waals surface area contributed by atoms with E-state index in [9.17, 15) is 19.2 Å². The van der Waals surface area contributed by atoms with E-state index in [4.69, 9.17) is 28.4 Å². The monoisotopic (exact) mass is 526 g/mol. The number of unbranched alkanes of at least 4 members (excludes halogenated alkanes) is 1. The van der Waals surface area contributed by atoms with Crippen molar-refractivity contribution < 1.29 is 47.6 Å². The summed E-state index contributed by atoms with van der Waals surface area (Å²) in [4.78, 5) is 47.0. The lowest BCUT2D eigenvalue weighted by atomic mass is 9.99. The number of benzene rings is 1. The molecule has 0 radical (unpaired) electrons. The van der Waals surface area contributed by atoms with Gasteiger partial charge >= 0.3 is 23.9 Å². The van der Waals surface area contributed by atoms with Crippen LogP contribution < -0.4 is 4.74 Å². The zero-order chi connectivity index (χ0) is 26.7. The van der Waals surface area contributed by atoms with Crippen LogP contribution in [0.4, 0.5) is 0 Å². The van der Waals surface area contributed by atoms with Gasteiger partial charge in [0.2, 0.25) is 0 Å². The number of methoxy groups -OCH3 is 1. The van der Waals surface area contributed by atoms with Crippen LogP contribution in [0.3, 0.4) is 0 Å². The first-order valence-corrected chi connectivity index (χ1v) is 12.7. The Morgan fingerprint density at radius 1 is 0.806 bits per heavy atom. The number of carbonyl (C=O) groups is 4. The normalized spacial score (nSPS) is 23.3. The lowest BCUT2D eigenvalue weighted by molar-refractivity contribution is -0.237. The third-order valence-electron chi connectivity index (χ3n) is 5.25. The van der Waals surface area contributed by atoms with Gasteiger partial charge in [0.1, 0.15) is 23.9 Å². The van der Waals surface area contributed by atoms with E-state index in [1.165, 1.54) is 45.0 Å². The molecule has 10 nitrogen and oxygen atoms in total. The molecular formula is C25H34O10S. The van der Waals surface area contributed by atoms with Crippen molar-refractivity contribution in [3.63, 3.8) is 0 Å². The predicted molar refractivity (Wildman–Crippen MR) is 130 cm³/mol. The zero-order valence-corrected chi connectivity index (χ0v) is 22.0. The first-order chi connectivity index (χ1) is 17.1. The minimum atomic E-state index is -1.14. The number of aryl methyl sites for hydroxylation is 1. The Morgan fingerprint density at radius 3 is 1.94 bits per heavy atom. The van der Waals surface area contributed by atoms with Gasteiger partial charge < -0.3 is 28.4 Å². The van der Waals surface area contributed by atoms with Gasteiger partial charge in [-0.05, 0) is 42.7 Å². The predicted octanol–water partition coefficient (Wildman–Crippen LogP) is 2.83. The largest absolute Gasteiger partial charge is 0.497 e. The van der Waals surface area contributed by atoms with E-state index < -0.39 is 53.7 Å². The molecule has 0 saturated carbocycles. The van der Waals surface area contributed by atoms with Gasteiger partial charge in [-0.3, -0.25) is 19.2 Å². The summed E-state index contributed by atoms with van der Waals surface area (Å²) in [7, 11) is 1.62. The Labute approximate surface area is 215 Å². The quantitative estimate of drug-likeness (QED) is 0.227. The summed E-state index contributed by atoms with van der Waals surface area (Å²) < 4.78 is 32.7. The minimum Gasteiger partial charge on any atom is -0.497 e. The van der Waals surface area contributed by atoms with Gasteiger partial charge in [0.15, 0.2) is 18.3 Å². The molecule has 36 heavy (non-hydrogen) atoms. The number of thioether (sulfide) groups is 1. The molecule has 2 rings (SSSR count). The molecular weight excluding hydrogens is 492 g/mol. The number of carbonyl (C=O) groups excluding carboxylic acids is 4. The molecule has 0 bridgehead atoms. The van der Waals surface area contributed by atoms with Crippen LogP contribution in [0.5, 0.6) is 5.75 Å². The molecule has 0 spiro atoms. The van der Waals surface area contributed by atoms with Crippen LogP contribution in [0.15, 0.2) is 24.3 Å². The molecule has 0 amide bonds. The summed E-state index contributed by atoms with van der Waals surface area (Å²) in [5.41, 5.74) is 0.444. The van der Waals surface area contributed by atoms with Crippen molar-refractivity contribution >= 4 is 35.6 Å². The van der Waals surface area contributed by atoms with E-state index in [2.05, 4.69) is 0 Å². The Kier molecular flexibility index (Phi) is 12.0. The molecule has 1 aliphatic rings. The molecule has 1 aromatic carbocycles. The van der Waals surface area contributed by atoms with Crippen molar-refractivity contribution in [3.05, 3.63) is 29.8 Å². The lowest BCUT2D eigenvalue weighted by Gasteiger charge is -2.44. The Morgan fingerprint density at radius 2 is 1.39 bits per heavy atom. The van der Waals surface area contributed by atoms with Crippen LogP contribution in [0.25, 0.3) is 0 Å². The SMILES string of the molecule is COc1ccc(CCCCSC2OC(COC(C)=O)C(OC(C)=O)C(OC(C)=O)C2OC(C)=O)cc1. The third-order valence-corrected chi connectivity index (χ3v) is 6.48. The first-order valence-electron chi connectivity index (χ1n) is 11.7. The maximum absolute atomic E-state index is 11.9. The second kappa shape index (κ2) is 14.7. The fourth-order valence-electron chi connectivity index (χ4n) is 3.75. The van der Waals surface area contributed by atoms with Crippen molar-refractivity contribution in [2.75, 3.05) is 19.5 Å². The van der Waals surface area contributed by atoms with Gasteiger partial charge in [-0.25, -0.2) is 0 Å². The van der Waals surface area contributed by atoms with Crippen LogP contribution in [0, 0.1) is 0 Å². The van der Waals surface area contributed by atoms with Crippen molar-refractivity contribution in [1.29, 1.82) is 0 Å². The number of esters is 4. The second-order valence-corrected chi connectivity index (χ2v) is 9.45. The standard InChI is InChI=1S/C25H34O10S/c1-15(26)31-14-21-22(32-16(2)27)23(33-17(3)28)24(34-18(4)29)25(35-21)36-13-7-6-8-19-9-11-20(30-5)12-10-19/h9-12,21-25H,6-8,13-14H2,1-5H3. The van der Waals surface area contributed by atoms with Crippen LogP contribution in [-0.2, 0) is 49.3 Å². The number of hydrogen-bond acceptors (Lipinski definition) is 11. The van der Waals surface area contributed by atoms with E-state index in [0.29, 0.717) is 5.75 Å². The van der Waals surface area contributed by atoms with E-state index >= 15 is 0 Å². The Bertz CT molecular complexity index is 887. The lowest BCUT2D eigenvalue weighted by Crippen LogP contribution is -2.61. The number of rotatable bonds is 12. The highest BCUT2D eigenvalue weighted by Crippen LogP contribution is 2.34.